The highest BCUT2D eigenvalue weighted by Crippen LogP contribution is 2.21. The van der Waals surface area contributed by atoms with E-state index >= 15 is 0 Å². The van der Waals surface area contributed by atoms with Crippen LogP contribution in [0.25, 0.3) is 0 Å². The van der Waals surface area contributed by atoms with E-state index in [1.54, 1.807) is 0 Å². The lowest BCUT2D eigenvalue weighted by Crippen LogP contribution is -2.03. The van der Waals surface area contributed by atoms with E-state index in [9.17, 15) is 0 Å². The molecule has 0 unspecified atom stereocenters. The van der Waals surface area contributed by atoms with Crippen molar-refractivity contribution in [2.75, 3.05) is 23.7 Å². The van der Waals surface area contributed by atoms with E-state index in [2.05, 4.69) is 49.3 Å². The molecule has 0 saturated heterocycles. The fraction of sp³-hybridized carbons (Fsp3) is 0.385. The van der Waals surface area contributed by atoms with Crippen LogP contribution < -0.4 is 10.6 Å². The third kappa shape index (κ3) is 3.31. The van der Waals surface area contributed by atoms with Gasteiger partial charge in [-0.05, 0) is 38.0 Å². The molecule has 1 aromatic rings. The number of hydrogen-bond donors (Lipinski definition) is 2. The summed E-state index contributed by atoms with van der Waals surface area (Å²) in [6.45, 7) is 9.88. The summed E-state index contributed by atoms with van der Waals surface area (Å²) in [5.41, 5.74) is 3.67. The molecule has 0 radical (unpaired) electrons. The fourth-order valence-electron chi connectivity index (χ4n) is 1.58. The second-order valence-corrected chi connectivity index (χ2v) is 3.43. The van der Waals surface area contributed by atoms with Gasteiger partial charge in [0.1, 0.15) is 0 Å². The summed E-state index contributed by atoms with van der Waals surface area (Å²) >= 11 is 0. The average Bonchev–Trinajstić information content (AvgIpc) is 2.23. The van der Waals surface area contributed by atoms with Crippen molar-refractivity contribution < 1.29 is 0 Å². The van der Waals surface area contributed by atoms with Crippen LogP contribution in [0.15, 0.2) is 30.9 Å². The van der Waals surface area contributed by atoms with Crippen LogP contribution in [0.2, 0.25) is 0 Å². The van der Waals surface area contributed by atoms with Crippen molar-refractivity contribution in [1.82, 2.24) is 0 Å². The Balaban J connectivity index is 2.91. The Hall–Kier alpha value is -1.44. The molecule has 82 valence electrons. The Morgan fingerprint density at radius 1 is 1.20 bits per heavy atom. The fourth-order valence-corrected chi connectivity index (χ4v) is 1.58. The molecule has 0 bridgehead atoms. The van der Waals surface area contributed by atoms with Crippen LogP contribution in [0.5, 0.6) is 0 Å². The molecule has 0 saturated carbocycles. The molecule has 0 heterocycles. The number of rotatable bonds is 6. The minimum absolute atomic E-state index is 0.911. The number of anilines is 2. The Bertz CT molecular complexity index is 318. The van der Waals surface area contributed by atoms with Crippen molar-refractivity contribution >= 4 is 11.4 Å². The quantitative estimate of drug-likeness (QED) is 0.695. The maximum Gasteiger partial charge on any atom is 0.0396 e. The average molecular weight is 204 g/mol. The standard InChI is InChI=1S/C13H20N2/c1-4-7-11-8-9-12(14-5-2)10-13(11)15-6-3/h4,8-10,14-15H,1,5-7H2,2-3H3. The van der Waals surface area contributed by atoms with Gasteiger partial charge in [0.25, 0.3) is 0 Å². The summed E-state index contributed by atoms with van der Waals surface area (Å²) in [6, 6.07) is 6.42. The third-order valence-electron chi connectivity index (χ3n) is 2.22. The SMILES string of the molecule is C=CCc1ccc(NCC)cc1NCC. The summed E-state index contributed by atoms with van der Waals surface area (Å²) in [4.78, 5) is 0. The zero-order chi connectivity index (χ0) is 11.1. The summed E-state index contributed by atoms with van der Waals surface area (Å²) < 4.78 is 0. The highest BCUT2D eigenvalue weighted by Gasteiger charge is 2.01. The molecular formula is C13H20N2. The first-order valence-electron chi connectivity index (χ1n) is 5.53. The van der Waals surface area contributed by atoms with Crippen molar-refractivity contribution in [3.63, 3.8) is 0 Å². The summed E-state index contributed by atoms with van der Waals surface area (Å²) in [5, 5.41) is 6.68. The molecule has 15 heavy (non-hydrogen) atoms. The predicted octanol–water partition coefficient (Wildman–Crippen LogP) is 3.28. The zero-order valence-electron chi connectivity index (χ0n) is 9.64. The van der Waals surface area contributed by atoms with Crippen LogP contribution in [-0.2, 0) is 6.42 Å². The lowest BCUT2D eigenvalue weighted by molar-refractivity contribution is 1.16. The second-order valence-electron chi connectivity index (χ2n) is 3.43. The molecule has 0 spiro atoms. The largest absolute Gasteiger partial charge is 0.385 e. The Morgan fingerprint density at radius 3 is 2.53 bits per heavy atom. The third-order valence-corrected chi connectivity index (χ3v) is 2.22. The van der Waals surface area contributed by atoms with E-state index in [-0.39, 0.29) is 0 Å². The number of allylic oxidation sites excluding steroid dienone is 1. The van der Waals surface area contributed by atoms with Crippen LogP contribution in [0, 0.1) is 0 Å². The molecule has 0 aromatic heterocycles. The molecule has 0 aliphatic rings. The molecular weight excluding hydrogens is 184 g/mol. The zero-order valence-corrected chi connectivity index (χ0v) is 9.64. The van der Waals surface area contributed by atoms with Gasteiger partial charge in [-0.15, -0.1) is 6.58 Å². The van der Waals surface area contributed by atoms with Crippen LogP contribution in [0.1, 0.15) is 19.4 Å². The molecule has 0 fully saturated rings. The molecule has 0 aliphatic carbocycles. The summed E-state index contributed by atoms with van der Waals surface area (Å²) in [6.07, 6.45) is 2.85. The van der Waals surface area contributed by atoms with Crippen molar-refractivity contribution in [1.29, 1.82) is 0 Å². The Morgan fingerprint density at radius 2 is 1.93 bits per heavy atom. The minimum atomic E-state index is 0.911. The van der Waals surface area contributed by atoms with Gasteiger partial charge in [0.15, 0.2) is 0 Å². The molecule has 0 aliphatic heterocycles. The molecule has 0 amide bonds. The molecule has 0 atom stereocenters. The molecule has 2 N–H and O–H groups in total. The lowest BCUT2D eigenvalue weighted by Gasteiger charge is -2.12. The van der Waals surface area contributed by atoms with E-state index in [1.165, 1.54) is 16.9 Å². The van der Waals surface area contributed by atoms with Gasteiger partial charge in [-0.1, -0.05) is 12.1 Å². The van der Waals surface area contributed by atoms with Gasteiger partial charge < -0.3 is 10.6 Å². The van der Waals surface area contributed by atoms with E-state index in [4.69, 9.17) is 0 Å². The number of nitrogens with one attached hydrogen (secondary N) is 2. The van der Waals surface area contributed by atoms with E-state index < -0.39 is 0 Å². The first-order valence-corrected chi connectivity index (χ1v) is 5.53. The van der Waals surface area contributed by atoms with Crippen molar-refractivity contribution in [3.05, 3.63) is 36.4 Å². The van der Waals surface area contributed by atoms with Crippen LogP contribution in [0.3, 0.4) is 0 Å². The van der Waals surface area contributed by atoms with E-state index in [1.807, 2.05) is 6.08 Å². The first-order chi connectivity index (χ1) is 7.31. The van der Waals surface area contributed by atoms with E-state index in [0.717, 1.165) is 19.5 Å². The minimum Gasteiger partial charge on any atom is -0.385 e. The van der Waals surface area contributed by atoms with Gasteiger partial charge in [-0.3, -0.25) is 0 Å². The van der Waals surface area contributed by atoms with Gasteiger partial charge in [0, 0.05) is 24.5 Å². The Kier molecular flexibility index (Phi) is 4.75. The summed E-state index contributed by atoms with van der Waals surface area (Å²) in [5.74, 6) is 0. The highest BCUT2D eigenvalue weighted by molar-refractivity contribution is 5.61. The van der Waals surface area contributed by atoms with Crippen molar-refractivity contribution in [2.45, 2.75) is 20.3 Å². The second kappa shape index (κ2) is 6.12. The normalized spacial score (nSPS) is 9.73. The monoisotopic (exact) mass is 204 g/mol. The van der Waals surface area contributed by atoms with Gasteiger partial charge >= 0.3 is 0 Å². The van der Waals surface area contributed by atoms with E-state index in [0.29, 0.717) is 0 Å². The topological polar surface area (TPSA) is 24.1 Å². The number of benzene rings is 1. The highest BCUT2D eigenvalue weighted by atomic mass is 14.9. The van der Waals surface area contributed by atoms with Crippen molar-refractivity contribution in [2.24, 2.45) is 0 Å². The predicted molar refractivity (Wildman–Crippen MR) is 68.7 cm³/mol. The van der Waals surface area contributed by atoms with Crippen molar-refractivity contribution in [3.8, 4) is 0 Å². The van der Waals surface area contributed by atoms with Gasteiger partial charge in [0.05, 0.1) is 0 Å². The maximum absolute atomic E-state index is 3.77. The number of hydrogen-bond acceptors (Lipinski definition) is 2. The molecule has 2 nitrogen and oxygen atoms in total. The molecule has 2 heteroatoms. The molecule has 1 rings (SSSR count). The smallest absolute Gasteiger partial charge is 0.0396 e. The van der Waals surface area contributed by atoms with Crippen LogP contribution >= 0.6 is 0 Å². The molecule has 1 aromatic carbocycles. The van der Waals surface area contributed by atoms with Gasteiger partial charge in [0.2, 0.25) is 0 Å². The van der Waals surface area contributed by atoms with Gasteiger partial charge in [-0.2, -0.15) is 0 Å². The maximum atomic E-state index is 3.77. The first kappa shape index (κ1) is 11.6. The lowest BCUT2D eigenvalue weighted by atomic mass is 10.1. The summed E-state index contributed by atoms with van der Waals surface area (Å²) in [7, 11) is 0. The van der Waals surface area contributed by atoms with Crippen LogP contribution in [0.4, 0.5) is 11.4 Å². The van der Waals surface area contributed by atoms with Crippen LogP contribution in [-0.4, -0.2) is 13.1 Å². The Labute approximate surface area is 92.4 Å². The van der Waals surface area contributed by atoms with Gasteiger partial charge in [-0.25, -0.2) is 0 Å².